The van der Waals surface area contributed by atoms with E-state index in [1.807, 2.05) is 0 Å². The van der Waals surface area contributed by atoms with E-state index in [9.17, 15) is 0 Å². The smallest absolute Gasteiger partial charge is 0.0309 e. The molecule has 0 bridgehead atoms. The largest absolute Gasteiger partial charge is 0.308 e. The third kappa shape index (κ3) is 3.76. The van der Waals surface area contributed by atoms with Crippen molar-refractivity contribution in [3.8, 4) is 0 Å². The van der Waals surface area contributed by atoms with Gasteiger partial charge in [0.2, 0.25) is 0 Å². The van der Waals surface area contributed by atoms with Crippen LogP contribution < -0.4 is 5.32 Å². The van der Waals surface area contributed by atoms with E-state index in [4.69, 9.17) is 0 Å². The molecule has 1 heterocycles. The molecule has 20 heavy (non-hydrogen) atoms. The van der Waals surface area contributed by atoms with Crippen LogP contribution in [0, 0.1) is 11.8 Å². The van der Waals surface area contributed by atoms with Gasteiger partial charge in [0.1, 0.15) is 0 Å². The molecule has 1 saturated heterocycles. The monoisotopic (exact) mass is 280 g/mol. The zero-order chi connectivity index (χ0) is 14.6. The maximum absolute atomic E-state index is 3.95. The summed E-state index contributed by atoms with van der Waals surface area (Å²) in [6, 6.07) is 0.755. The van der Waals surface area contributed by atoms with E-state index in [0.717, 1.165) is 17.9 Å². The van der Waals surface area contributed by atoms with E-state index in [-0.39, 0.29) is 0 Å². The summed E-state index contributed by atoms with van der Waals surface area (Å²) in [6.45, 7) is 13.4. The first kappa shape index (κ1) is 16.3. The summed E-state index contributed by atoms with van der Waals surface area (Å²) in [4.78, 5) is 2.86. The minimum atomic E-state index is 0.468. The van der Waals surface area contributed by atoms with Crippen LogP contribution in [0.15, 0.2) is 0 Å². The Bertz CT molecular complexity index is 283. The van der Waals surface area contributed by atoms with Gasteiger partial charge in [-0.25, -0.2) is 0 Å². The standard InChI is InChI=1S/C18H36N2/c1-5-9-15(3)13-20-14-18(10-7-8-11-18)19-12-17(20)16(4)6-2/h15-17,19H,5-14H2,1-4H3. The lowest BCUT2D eigenvalue weighted by Gasteiger charge is -2.49. The normalized spacial score (nSPS) is 29.7. The van der Waals surface area contributed by atoms with Crippen LogP contribution in [-0.4, -0.2) is 36.1 Å². The van der Waals surface area contributed by atoms with Gasteiger partial charge < -0.3 is 5.32 Å². The zero-order valence-corrected chi connectivity index (χ0v) is 14.3. The molecular weight excluding hydrogens is 244 g/mol. The Kier molecular flexibility index (Phi) is 5.92. The zero-order valence-electron chi connectivity index (χ0n) is 14.3. The Labute approximate surface area is 126 Å². The molecule has 1 saturated carbocycles. The lowest BCUT2D eigenvalue weighted by Crippen LogP contribution is -2.65. The average molecular weight is 280 g/mol. The topological polar surface area (TPSA) is 15.3 Å². The predicted octanol–water partition coefficient (Wildman–Crippen LogP) is 4.06. The summed E-state index contributed by atoms with van der Waals surface area (Å²) >= 11 is 0. The van der Waals surface area contributed by atoms with Crippen molar-refractivity contribution in [3.05, 3.63) is 0 Å². The first-order chi connectivity index (χ1) is 9.60. The molecule has 1 aliphatic carbocycles. The van der Waals surface area contributed by atoms with Crippen LogP contribution in [0.25, 0.3) is 0 Å². The van der Waals surface area contributed by atoms with E-state index in [0.29, 0.717) is 5.54 Å². The van der Waals surface area contributed by atoms with Gasteiger partial charge in [-0.1, -0.05) is 53.4 Å². The fraction of sp³-hybridized carbons (Fsp3) is 1.00. The molecule has 0 radical (unpaired) electrons. The van der Waals surface area contributed by atoms with Gasteiger partial charge in [0.25, 0.3) is 0 Å². The highest BCUT2D eigenvalue weighted by molar-refractivity contribution is 5.01. The Morgan fingerprint density at radius 3 is 2.50 bits per heavy atom. The molecule has 0 aromatic heterocycles. The highest BCUT2D eigenvalue weighted by Crippen LogP contribution is 2.35. The van der Waals surface area contributed by atoms with Crippen LogP contribution in [0.3, 0.4) is 0 Å². The number of hydrogen-bond acceptors (Lipinski definition) is 2. The van der Waals surface area contributed by atoms with Gasteiger partial charge in [-0.2, -0.15) is 0 Å². The van der Waals surface area contributed by atoms with E-state index in [1.54, 1.807) is 0 Å². The van der Waals surface area contributed by atoms with Gasteiger partial charge in [0.05, 0.1) is 0 Å². The maximum atomic E-state index is 3.95. The van der Waals surface area contributed by atoms with Gasteiger partial charge in [-0.05, 0) is 31.1 Å². The molecule has 1 N–H and O–H groups in total. The van der Waals surface area contributed by atoms with E-state index in [2.05, 4.69) is 37.9 Å². The second-order valence-corrected chi connectivity index (χ2v) is 7.64. The van der Waals surface area contributed by atoms with Crippen molar-refractivity contribution >= 4 is 0 Å². The maximum Gasteiger partial charge on any atom is 0.0309 e. The fourth-order valence-electron chi connectivity index (χ4n) is 4.42. The third-order valence-corrected chi connectivity index (χ3v) is 5.85. The lowest BCUT2D eigenvalue weighted by atomic mass is 9.86. The SMILES string of the molecule is CCCC(C)CN1CC2(CCCC2)NCC1C(C)CC. The van der Waals surface area contributed by atoms with Gasteiger partial charge in [-0.15, -0.1) is 0 Å². The van der Waals surface area contributed by atoms with E-state index in [1.165, 1.54) is 64.6 Å². The van der Waals surface area contributed by atoms with Gasteiger partial charge in [-0.3, -0.25) is 4.90 Å². The van der Waals surface area contributed by atoms with Crippen LogP contribution in [0.1, 0.15) is 72.6 Å². The van der Waals surface area contributed by atoms with Crippen LogP contribution in [0.4, 0.5) is 0 Å². The second-order valence-electron chi connectivity index (χ2n) is 7.64. The number of nitrogens with one attached hydrogen (secondary N) is 1. The Balaban J connectivity index is 2.02. The van der Waals surface area contributed by atoms with Crippen LogP contribution in [0.2, 0.25) is 0 Å². The highest BCUT2D eigenvalue weighted by atomic mass is 15.3. The minimum absolute atomic E-state index is 0.468. The molecule has 118 valence electrons. The number of hydrogen-bond donors (Lipinski definition) is 1. The van der Waals surface area contributed by atoms with Crippen LogP contribution >= 0.6 is 0 Å². The third-order valence-electron chi connectivity index (χ3n) is 5.85. The van der Waals surface area contributed by atoms with Gasteiger partial charge in [0.15, 0.2) is 0 Å². The van der Waals surface area contributed by atoms with Crippen molar-refractivity contribution in [1.82, 2.24) is 10.2 Å². The Hall–Kier alpha value is -0.0800. The molecule has 2 fully saturated rings. The molecule has 3 atom stereocenters. The van der Waals surface area contributed by atoms with Crippen molar-refractivity contribution in [2.75, 3.05) is 19.6 Å². The van der Waals surface area contributed by atoms with Crippen molar-refractivity contribution in [1.29, 1.82) is 0 Å². The molecule has 0 amide bonds. The number of rotatable bonds is 6. The predicted molar refractivity (Wildman–Crippen MR) is 88.1 cm³/mol. The Morgan fingerprint density at radius 1 is 1.20 bits per heavy atom. The van der Waals surface area contributed by atoms with E-state index >= 15 is 0 Å². The minimum Gasteiger partial charge on any atom is -0.308 e. The molecule has 1 spiro atoms. The summed E-state index contributed by atoms with van der Waals surface area (Å²) in [7, 11) is 0. The van der Waals surface area contributed by atoms with Crippen molar-refractivity contribution in [2.45, 2.75) is 84.2 Å². The summed E-state index contributed by atoms with van der Waals surface area (Å²) in [5.74, 6) is 1.66. The van der Waals surface area contributed by atoms with Crippen molar-refractivity contribution in [2.24, 2.45) is 11.8 Å². The van der Waals surface area contributed by atoms with Gasteiger partial charge >= 0.3 is 0 Å². The van der Waals surface area contributed by atoms with Gasteiger partial charge in [0, 0.05) is 31.2 Å². The molecule has 2 rings (SSSR count). The molecule has 2 heteroatoms. The summed E-state index contributed by atoms with van der Waals surface area (Å²) < 4.78 is 0. The van der Waals surface area contributed by atoms with Crippen LogP contribution in [0.5, 0.6) is 0 Å². The molecular formula is C18H36N2. The van der Waals surface area contributed by atoms with Crippen LogP contribution in [-0.2, 0) is 0 Å². The molecule has 2 nitrogen and oxygen atoms in total. The second kappa shape index (κ2) is 7.26. The number of nitrogens with zero attached hydrogens (tertiary/aromatic N) is 1. The highest BCUT2D eigenvalue weighted by Gasteiger charge is 2.42. The lowest BCUT2D eigenvalue weighted by molar-refractivity contribution is 0.0403. The molecule has 3 unspecified atom stereocenters. The van der Waals surface area contributed by atoms with Crippen molar-refractivity contribution in [3.63, 3.8) is 0 Å². The summed E-state index contributed by atoms with van der Waals surface area (Å²) in [5.41, 5.74) is 0.468. The fourth-order valence-corrected chi connectivity index (χ4v) is 4.42. The van der Waals surface area contributed by atoms with Crippen molar-refractivity contribution < 1.29 is 0 Å². The summed E-state index contributed by atoms with van der Waals surface area (Å²) in [6.07, 6.45) is 9.67. The summed E-state index contributed by atoms with van der Waals surface area (Å²) in [5, 5.41) is 3.95. The Morgan fingerprint density at radius 2 is 1.90 bits per heavy atom. The first-order valence-electron chi connectivity index (χ1n) is 9.09. The molecule has 0 aromatic rings. The molecule has 0 aromatic carbocycles. The molecule has 2 aliphatic rings. The van der Waals surface area contributed by atoms with E-state index < -0.39 is 0 Å². The quantitative estimate of drug-likeness (QED) is 0.789. The first-order valence-corrected chi connectivity index (χ1v) is 9.09. The average Bonchev–Trinajstić information content (AvgIpc) is 2.86. The number of piperazine rings is 1. The molecule has 1 aliphatic heterocycles.